The Kier molecular flexibility index (Phi) is 13.1. The van der Waals surface area contributed by atoms with Crippen LogP contribution in [-0.2, 0) is 14.4 Å². The molecule has 3 saturated carbocycles. The molecule has 67 heavy (non-hydrogen) atoms. The molecule has 0 saturated heterocycles. The van der Waals surface area contributed by atoms with Crippen LogP contribution in [0.4, 0.5) is 17.1 Å². The van der Waals surface area contributed by atoms with E-state index < -0.39 is 74.8 Å². The lowest BCUT2D eigenvalue weighted by atomic mass is 10.1. The number of nitrogens with zero attached hydrogens (tertiary/aromatic N) is 5. The first-order valence-corrected chi connectivity index (χ1v) is 21.5. The van der Waals surface area contributed by atoms with Crippen molar-refractivity contribution in [3.63, 3.8) is 0 Å². The number of rotatable bonds is 5. The summed E-state index contributed by atoms with van der Waals surface area (Å²) in [6, 6.07) is 10.2. The van der Waals surface area contributed by atoms with E-state index in [-0.39, 0.29) is 75.7 Å². The Balaban J connectivity index is 0.000000149. The van der Waals surface area contributed by atoms with Gasteiger partial charge in [0.15, 0.2) is 17.3 Å². The molecule has 0 unspecified atom stereocenters. The zero-order valence-electron chi connectivity index (χ0n) is 36.2. The SMILES string of the molecule is C=C1CCC[C@@H](N2C(=O)c3cccc([N+](=O)[O-])c3C2=O)C(=O)C1.C=C1CCC[C@H](N2C(=O)c3cccc(N)c3C2=O)C(=O)C1.C=C1CCC[C@H](N2C(=O)c3cccc([N+](=O)[O-])c3C2=O)C(=O)C1. The molecule has 344 valence electrons. The number of allylic oxidation sites excluding steroid dienone is 3. The van der Waals surface area contributed by atoms with Crippen molar-refractivity contribution in [3.05, 3.63) is 145 Å². The minimum atomic E-state index is -0.874. The molecule has 6 amide bonds. The summed E-state index contributed by atoms with van der Waals surface area (Å²) in [6.45, 7) is 11.5. The number of nitro benzene ring substituents is 2. The van der Waals surface area contributed by atoms with Gasteiger partial charge in [-0.2, -0.15) is 0 Å². The third kappa shape index (κ3) is 8.74. The van der Waals surface area contributed by atoms with E-state index in [1.807, 2.05) is 0 Å². The van der Waals surface area contributed by atoms with E-state index in [4.69, 9.17) is 5.73 Å². The van der Waals surface area contributed by atoms with E-state index in [2.05, 4.69) is 19.7 Å². The molecule has 3 aliphatic carbocycles. The van der Waals surface area contributed by atoms with Crippen molar-refractivity contribution >= 4 is 69.9 Å². The highest BCUT2D eigenvalue weighted by atomic mass is 16.6. The third-order valence-electron chi connectivity index (χ3n) is 12.6. The molecule has 2 N–H and O–H groups in total. The van der Waals surface area contributed by atoms with Crippen LogP contribution >= 0.6 is 0 Å². The lowest BCUT2D eigenvalue weighted by molar-refractivity contribution is -0.385. The Labute approximate surface area is 382 Å². The van der Waals surface area contributed by atoms with E-state index in [0.717, 1.165) is 44.3 Å². The van der Waals surface area contributed by atoms with E-state index in [9.17, 15) is 63.4 Å². The lowest BCUT2D eigenvalue weighted by Crippen LogP contribution is -2.44. The van der Waals surface area contributed by atoms with Gasteiger partial charge in [0.1, 0.15) is 11.1 Å². The maximum atomic E-state index is 12.6. The van der Waals surface area contributed by atoms with Crippen LogP contribution in [0.25, 0.3) is 0 Å². The second-order valence-electron chi connectivity index (χ2n) is 17.0. The predicted octanol–water partition coefficient (Wildman–Crippen LogP) is 6.45. The largest absolute Gasteiger partial charge is 0.398 e. The maximum Gasteiger partial charge on any atom is 0.282 e. The average Bonchev–Trinajstić information content (AvgIpc) is 3.57. The lowest BCUT2D eigenvalue weighted by Gasteiger charge is -2.23. The Hall–Kier alpha value is -8.09. The molecular weight excluding hydrogens is 869 g/mol. The number of nitrogens with two attached hydrogens (primary N) is 1. The Bertz CT molecular complexity index is 2680. The fourth-order valence-electron chi connectivity index (χ4n) is 9.35. The molecular formula is C48H44N6O13. The molecule has 0 spiro atoms. The standard InChI is InChI=1S/2C16H14N2O5.C16H16N2O3/c2*1-9-4-2-6-11(13(19)8-9)17-15(20)10-5-3-7-12(18(22)23)14(10)16(17)21;1-9-4-2-7-12(13(19)8-9)18-15(20)10-5-3-6-11(17)14(10)16(18)21/h2*3,5,7,11H,1-2,4,6,8H2;3,5-6,12H,1-2,4,7-8,17H2/t2*11-;12-/m100/s1. The number of ketones is 3. The number of carbonyl (C=O) groups excluding carboxylic acids is 9. The molecule has 0 bridgehead atoms. The van der Waals surface area contributed by atoms with Gasteiger partial charge in [-0.3, -0.25) is 78.1 Å². The van der Waals surface area contributed by atoms with Gasteiger partial charge in [0.2, 0.25) is 0 Å². The molecule has 3 aromatic carbocycles. The molecule has 3 aliphatic heterocycles. The fraction of sp³-hybridized carbons (Fsp3) is 0.312. The van der Waals surface area contributed by atoms with Crippen LogP contribution in [0.5, 0.6) is 0 Å². The van der Waals surface area contributed by atoms with Crippen molar-refractivity contribution in [1.29, 1.82) is 0 Å². The smallest absolute Gasteiger partial charge is 0.282 e. The van der Waals surface area contributed by atoms with Gasteiger partial charge in [-0.1, -0.05) is 54.7 Å². The van der Waals surface area contributed by atoms with Crippen molar-refractivity contribution in [2.24, 2.45) is 0 Å². The van der Waals surface area contributed by atoms with Crippen LogP contribution in [0.1, 0.15) is 139 Å². The molecule has 19 nitrogen and oxygen atoms in total. The van der Waals surface area contributed by atoms with Gasteiger partial charge in [0.25, 0.3) is 46.8 Å². The molecule has 3 aromatic rings. The van der Waals surface area contributed by atoms with Crippen molar-refractivity contribution < 1.29 is 53.0 Å². The number of Topliss-reactive ketones (excluding diaryl/α,β-unsaturated/α-hetero) is 3. The van der Waals surface area contributed by atoms with E-state index >= 15 is 0 Å². The summed E-state index contributed by atoms with van der Waals surface area (Å²) in [6.07, 6.45) is 5.82. The minimum absolute atomic E-state index is 0.0138. The number of hydrogen-bond acceptors (Lipinski definition) is 14. The number of anilines is 1. The Morgan fingerprint density at radius 1 is 0.463 bits per heavy atom. The molecule has 19 heteroatoms. The number of carbonyl (C=O) groups is 9. The monoisotopic (exact) mass is 912 g/mol. The third-order valence-corrected chi connectivity index (χ3v) is 12.6. The molecule has 6 aliphatic rings. The van der Waals surface area contributed by atoms with Crippen LogP contribution in [0.3, 0.4) is 0 Å². The molecule has 3 atom stereocenters. The summed E-state index contributed by atoms with van der Waals surface area (Å²) in [7, 11) is 0. The number of fused-ring (bicyclic) bond motifs is 3. The highest BCUT2D eigenvalue weighted by Crippen LogP contribution is 2.37. The van der Waals surface area contributed by atoms with Gasteiger partial charge in [0, 0.05) is 37.1 Å². The summed E-state index contributed by atoms with van der Waals surface area (Å²) in [5, 5.41) is 22.2. The minimum Gasteiger partial charge on any atom is -0.398 e. The van der Waals surface area contributed by atoms with Gasteiger partial charge < -0.3 is 5.73 Å². The highest BCUT2D eigenvalue weighted by Gasteiger charge is 2.48. The van der Waals surface area contributed by atoms with E-state index in [1.54, 1.807) is 18.2 Å². The fourth-order valence-corrected chi connectivity index (χ4v) is 9.35. The second-order valence-corrected chi connectivity index (χ2v) is 17.0. The molecule has 0 radical (unpaired) electrons. The van der Waals surface area contributed by atoms with Crippen LogP contribution < -0.4 is 5.73 Å². The van der Waals surface area contributed by atoms with Gasteiger partial charge in [0.05, 0.1) is 50.2 Å². The first-order valence-electron chi connectivity index (χ1n) is 21.5. The maximum absolute atomic E-state index is 12.6. The quantitative estimate of drug-likeness (QED) is 0.0719. The molecule has 0 aromatic heterocycles. The van der Waals surface area contributed by atoms with Gasteiger partial charge >= 0.3 is 0 Å². The summed E-state index contributed by atoms with van der Waals surface area (Å²) in [5.41, 5.74) is 7.71. The van der Waals surface area contributed by atoms with Crippen LogP contribution in [0.2, 0.25) is 0 Å². The first kappa shape index (κ1) is 46.9. The highest BCUT2D eigenvalue weighted by molar-refractivity contribution is 6.26. The second kappa shape index (κ2) is 18.8. The average molecular weight is 913 g/mol. The summed E-state index contributed by atoms with van der Waals surface area (Å²) in [5.74, 6) is -4.29. The number of nitrogen functional groups attached to an aromatic ring is 1. The summed E-state index contributed by atoms with van der Waals surface area (Å²) < 4.78 is 0. The van der Waals surface area contributed by atoms with Crippen LogP contribution in [0.15, 0.2) is 91.1 Å². The molecule has 3 heterocycles. The van der Waals surface area contributed by atoms with Crippen LogP contribution in [-0.4, -0.2) is 95.5 Å². The summed E-state index contributed by atoms with van der Waals surface area (Å²) >= 11 is 0. The molecule has 3 fully saturated rings. The number of amides is 6. The first-order chi connectivity index (χ1) is 31.8. The van der Waals surface area contributed by atoms with Gasteiger partial charge in [-0.25, -0.2) is 0 Å². The predicted molar refractivity (Wildman–Crippen MR) is 238 cm³/mol. The van der Waals surface area contributed by atoms with Crippen molar-refractivity contribution in [3.8, 4) is 0 Å². The molecule has 9 rings (SSSR count). The van der Waals surface area contributed by atoms with Crippen molar-refractivity contribution in [2.75, 3.05) is 5.73 Å². The number of hydrogen-bond donors (Lipinski definition) is 1. The zero-order chi connectivity index (χ0) is 48.6. The van der Waals surface area contributed by atoms with E-state index in [0.29, 0.717) is 44.9 Å². The van der Waals surface area contributed by atoms with Crippen molar-refractivity contribution in [2.45, 2.75) is 95.2 Å². The number of imide groups is 3. The van der Waals surface area contributed by atoms with Gasteiger partial charge in [-0.15, -0.1) is 0 Å². The zero-order valence-corrected chi connectivity index (χ0v) is 36.2. The van der Waals surface area contributed by atoms with Gasteiger partial charge in [-0.05, 0) is 82.1 Å². The van der Waals surface area contributed by atoms with E-state index in [1.165, 1.54) is 36.4 Å². The number of benzene rings is 3. The summed E-state index contributed by atoms with van der Waals surface area (Å²) in [4.78, 5) is 136. The number of nitro groups is 2. The Morgan fingerprint density at radius 3 is 1.07 bits per heavy atom. The van der Waals surface area contributed by atoms with Crippen molar-refractivity contribution in [1.82, 2.24) is 14.7 Å². The Morgan fingerprint density at radius 2 is 0.761 bits per heavy atom. The van der Waals surface area contributed by atoms with Crippen LogP contribution in [0, 0.1) is 20.2 Å². The normalized spacial score (nSPS) is 21.7. The topological polar surface area (TPSA) is 276 Å².